The van der Waals surface area contributed by atoms with Gasteiger partial charge >= 0.3 is 50.4 Å². The average Bonchev–Trinajstić information content (AvgIpc) is 1.35. The fraction of sp³-hybridized carbons (Fsp3) is 1.00. The fourth-order valence-corrected chi connectivity index (χ4v) is 0. The Hall–Kier alpha value is 0.813. The third-order valence-corrected chi connectivity index (χ3v) is 6.75. The maximum atomic E-state index is 3.31. The summed E-state index contributed by atoms with van der Waals surface area (Å²) in [6.07, 6.45) is 0. The Bertz CT molecular complexity index is 40.5. The van der Waals surface area contributed by atoms with Gasteiger partial charge in [-0.3, -0.25) is 0 Å². The molecule has 3 heteroatoms. The molecule has 0 spiro atoms. The second-order valence-corrected chi connectivity index (χ2v) is 9.00. The van der Waals surface area contributed by atoms with Crippen LogP contribution in [-0.4, -0.2) is 27.1 Å². The van der Waals surface area contributed by atoms with Crippen molar-refractivity contribution in [2.75, 3.05) is 0 Å². The van der Waals surface area contributed by atoms with Crippen LogP contribution < -0.4 is 3.69 Å². The van der Waals surface area contributed by atoms with Crippen molar-refractivity contribution in [3.8, 4) is 0 Å². The predicted octanol–water partition coefficient (Wildman–Crippen LogP) is 0.494. The summed E-state index contributed by atoms with van der Waals surface area (Å²) in [6, 6.07) is 0. The van der Waals surface area contributed by atoms with Crippen molar-refractivity contribution in [2.45, 2.75) is 19.6 Å². The first-order chi connectivity index (χ1) is 2.56. The molecule has 0 aliphatic rings. The van der Waals surface area contributed by atoms with Crippen LogP contribution in [0.2, 0.25) is 19.6 Å². The van der Waals surface area contributed by atoms with Gasteiger partial charge in [0.15, 0.2) is 0 Å². The Morgan fingerprint density at radius 3 is 1.50 bits per heavy atom. The first-order valence-electron chi connectivity index (χ1n) is 2.04. The molecule has 0 rings (SSSR count). The minimum atomic E-state index is -0.853. The van der Waals surface area contributed by atoms with Gasteiger partial charge in [-0.25, -0.2) is 0 Å². The molecule has 0 heterocycles. The molecule has 0 fully saturated rings. The van der Waals surface area contributed by atoms with Crippen LogP contribution in [0.15, 0.2) is 0 Å². The van der Waals surface area contributed by atoms with E-state index in [0.717, 1.165) is 0 Å². The van der Waals surface area contributed by atoms with E-state index in [2.05, 4.69) is 23.3 Å². The zero-order chi connectivity index (χ0) is 5.21. The minimum absolute atomic E-state index is 0.853. The monoisotopic (exact) mass is 157 g/mol. The molecule has 0 unspecified atom stereocenters. The molecule has 2 radical (unpaired) electrons. The summed E-state index contributed by atoms with van der Waals surface area (Å²) in [7, 11) is -0.853. The molecule has 0 bridgehead atoms. The molecule has 0 amide bonds. The third-order valence-electron chi connectivity index (χ3n) is 0.433. The van der Waals surface area contributed by atoms with Crippen LogP contribution in [0.3, 0.4) is 0 Å². The zero-order valence-corrected chi connectivity index (χ0v) is 8.00. The van der Waals surface area contributed by atoms with Crippen molar-refractivity contribution in [3.63, 3.8) is 0 Å². The SMILES string of the molecule is C[Si](C)(C)[NH][Ga]. The van der Waals surface area contributed by atoms with Gasteiger partial charge in [-0.1, -0.05) is 0 Å². The average molecular weight is 158 g/mol. The molecule has 34 valence electrons. The van der Waals surface area contributed by atoms with E-state index in [1.807, 2.05) is 0 Å². The standard InChI is InChI=1S/C3H10NSi.Ga/c1-5(2,3)4;/h4H,1-3H3;/q-1;+1. The predicted molar refractivity (Wildman–Crippen MR) is 32.2 cm³/mol. The van der Waals surface area contributed by atoms with Crippen molar-refractivity contribution in [3.05, 3.63) is 0 Å². The van der Waals surface area contributed by atoms with Gasteiger partial charge < -0.3 is 0 Å². The number of hydrogen-bond acceptors (Lipinski definition) is 1. The number of rotatable bonds is 1. The van der Waals surface area contributed by atoms with E-state index in [1.54, 1.807) is 18.8 Å². The molecular formula is C3H10GaNSi. The van der Waals surface area contributed by atoms with E-state index in [0.29, 0.717) is 0 Å². The Kier molecular flexibility index (Phi) is 2.51. The molecule has 0 aliphatic carbocycles. The van der Waals surface area contributed by atoms with E-state index in [-0.39, 0.29) is 0 Å². The molecule has 0 atom stereocenters. The third kappa shape index (κ3) is 4.81. The van der Waals surface area contributed by atoms with Crippen LogP contribution in [-0.2, 0) is 0 Å². The van der Waals surface area contributed by atoms with Crippen LogP contribution in [0.4, 0.5) is 0 Å². The fourth-order valence-electron chi connectivity index (χ4n) is 0. The van der Waals surface area contributed by atoms with Crippen LogP contribution in [0.5, 0.6) is 0 Å². The van der Waals surface area contributed by atoms with Gasteiger partial charge in [0.05, 0.1) is 0 Å². The molecular weight excluding hydrogens is 148 g/mol. The Labute approximate surface area is 50.8 Å². The van der Waals surface area contributed by atoms with Gasteiger partial charge in [-0.05, 0) is 0 Å². The van der Waals surface area contributed by atoms with Gasteiger partial charge in [0.1, 0.15) is 0 Å². The van der Waals surface area contributed by atoms with Crippen molar-refractivity contribution in [1.29, 1.82) is 0 Å². The summed E-state index contributed by atoms with van der Waals surface area (Å²) >= 11 is 1.63. The van der Waals surface area contributed by atoms with E-state index < -0.39 is 8.24 Å². The van der Waals surface area contributed by atoms with Gasteiger partial charge in [0.2, 0.25) is 0 Å². The van der Waals surface area contributed by atoms with Gasteiger partial charge in [0, 0.05) is 0 Å². The van der Waals surface area contributed by atoms with Crippen LogP contribution in [0.1, 0.15) is 0 Å². The second-order valence-electron chi connectivity index (χ2n) is 2.39. The summed E-state index contributed by atoms with van der Waals surface area (Å²) in [5, 5.41) is 0. The molecule has 6 heavy (non-hydrogen) atoms. The molecule has 0 saturated heterocycles. The molecule has 0 saturated carbocycles. The van der Waals surface area contributed by atoms with Crippen molar-refractivity contribution >= 4 is 27.1 Å². The maximum absolute atomic E-state index is 3.31. The van der Waals surface area contributed by atoms with Crippen molar-refractivity contribution < 1.29 is 0 Å². The normalized spacial score (nSPS) is 11.8. The number of hydrogen-bond donors (Lipinski definition) is 1. The van der Waals surface area contributed by atoms with Gasteiger partial charge in [-0.15, -0.1) is 0 Å². The second kappa shape index (κ2) is 2.21. The quantitative estimate of drug-likeness (QED) is 0.547. The topological polar surface area (TPSA) is 12.0 Å². The van der Waals surface area contributed by atoms with E-state index in [4.69, 9.17) is 0 Å². The zero-order valence-electron chi connectivity index (χ0n) is 4.58. The molecule has 1 nitrogen and oxygen atoms in total. The summed E-state index contributed by atoms with van der Waals surface area (Å²) in [5.74, 6) is 0. The molecule has 0 aromatic carbocycles. The Morgan fingerprint density at radius 1 is 1.33 bits per heavy atom. The van der Waals surface area contributed by atoms with Crippen LogP contribution >= 0.6 is 0 Å². The summed E-state index contributed by atoms with van der Waals surface area (Å²) < 4.78 is 3.31. The first-order valence-corrected chi connectivity index (χ1v) is 6.75. The summed E-state index contributed by atoms with van der Waals surface area (Å²) in [4.78, 5) is 0. The number of nitrogens with one attached hydrogen (secondary N) is 1. The summed E-state index contributed by atoms with van der Waals surface area (Å²) in [6.45, 7) is 6.86. The van der Waals surface area contributed by atoms with E-state index >= 15 is 0 Å². The van der Waals surface area contributed by atoms with Gasteiger partial charge in [0.25, 0.3) is 0 Å². The van der Waals surface area contributed by atoms with Crippen LogP contribution in [0, 0.1) is 0 Å². The Morgan fingerprint density at radius 2 is 1.50 bits per heavy atom. The van der Waals surface area contributed by atoms with Gasteiger partial charge in [-0.2, -0.15) is 0 Å². The summed E-state index contributed by atoms with van der Waals surface area (Å²) in [5.41, 5.74) is 0. The molecule has 0 aromatic heterocycles. The van der Waals surface area contributed by atoms with Crippen molar-refractivity contribution in [2.24, 2.45) is 0 Å². The van der Waals surface area contributed by atoms with Crippen molar-refractivity contribution in [1.82, 2.24) is 3.69 Å². The van der Waals surface area contributed by atoms with E-state index in [9.17, 15) is 0 Å². The molecule has 0 aliphatic heterocycles. The van der Waals surface area contributed by atoms with Crippen LogP contribution in [0.25, 0.3) is 0 Å². The Balaban J connectivity index is 3.17. The first kappa shape index (κ1) is 6.81. The molecule has 0 aromatic rings. The molecule has 1 N–H and O–H groups in total. The van der Waals surface area contributed by atoms with E-state index in [1.165, 1.54) is 0 Å².